The molecule has 1 aromatic heterocycles. The van der Waals surface area contributed by atoms with Crippen molar-refractivity contribution in [2.24, 2.45) is 5.92 Å². The topological polar surface area (TPSA) is 59.4 Å². The van der Waals surface area contributed by atoms with Crippen molar-refractivity contribution in [3.8, 4) is 5.88 Å². The molecule has 2 rings (SSSR count). The number of rotatable bonds is 4. The van der Waals surface area contributed by atoms with Crippen LogP contribution in [0.15, 0.2) is 18.2 Å². The monoisotopic (exact) mass is 279 g/mol. The quantitative estimate of drug-likeness (QED) is 0.860. The maximum absolute atomic E-state index is 13.0. The smallest absolute Gasteiger partial charge is 0.306 e. The Kier molecular flexibility index (Phi) is 4.71. The lowest BCUT2D eigenvalue weighted by Gasteiger charge is -2.21. The second kappa shape index (κ2) is 6.50. The van der Waals surface area contributed by atoms with Gasteiger partial charge in [-0.15, -0.1) is 0 Å². The zero-order valence-corrected chi connectivity index (χ0v) is 11.4. The third-order valence-corrected chi connectivity index (χ3v) is 3.44. The van der Waals surface area contributed by atoms with Crippen molar-refractivity contribution >= 4 is 11.5 Å². The molecule has 20 heavy (non-hydrogen) atoms. The van der Waals surface area contributed by atoms with Crippen molar-refractivity contribution < 1.29 is 19.0 Å². The second-order valence-electron chi connectivity index (χ2n) is 4.88. The molecule has 1 unspecified atom stereocenters. The van der Waals surface area contributed by atoms with E-state index < -0.39 is 11.7 Å². The van der Waals surface area contributed by atoms with Gasteiger partial charge in [-0.05, 0) is 49.8 Å². The minimum absolute atomic E-state index is 0.160. The molecule has 0 fully saturated rings. The van der Waals surface area contributed by atoms with Crippen molar-refractivity contribution in [2.75, 3.05) is 6.61 Å². The molecular formula is C15H18FNO3. The molecule has 4 nitrogen and oxygen atoms in total. The minimum atomic E-state index is -0.717. The minimum Gasteiger partial charge on any atom is -0.491 e. The number of ether oxygens (including phenoxy) is 1. The molecule has 0 saturated carbocycles. The first-order chi connectivity index (χ1) is 9.60. The van der Waals surface area contributed by atoms with Crippen LogP contribution in [0.4, 0.5) is 4.39 Å². The number of pyridine rings is 1. The van der Waals surface area contributed by atoms with E-state index in [4.69, 9.17) is 4.74 Å². The summed E-state index contributed by atoms with van der Waals surface area (Å²) < 4.78 is 17.9. The van der Waals surface area contributed by atoms with Gasteiger partial charge in [0.05, 0.1) is 12.3 Å². The maximum Gasteiger partial charge on any atom is 0.306 e. The summed E-state index contributed by atoms with van der Waals surface area (Å²) in [5.74, 6) is -1.17. The standard InChI is InChI=1S/C15H18FNO3/c1-2-20-14(18)9-10-3-5-11(6-4-10)13-8-7-12(16)15(19)17-13/h5,7-8,10H,2-4,6,9H2,1H3,(H,17,19). The van der Waals surface area contributed by atoms with Gasteiger partial charge in [-0.3, -0.25) is 4.79 Å². The van der Waals surface area contributed by atoms with Crippen LogP contribution in [0.5, 0.6) is 5.88 Å². The van der Waals surface area contributed by atoms with Crippen LogP contribution in [0.25, 0.3) is 5.57 Å². The van der Waals surface area contributed by atoms with Gasteiger partial charge >= 0.3 is 5.97 Å². The highest BCUT2D eigenvalue weighted by Gasteiger charge is 2.20. The number of hydrogen-bond donors (Lipinski definition) is 1. The number of carbonyl (C=O) groups excluding carboxylic acids is 1. The van der Waals surface area contributed by atoms with Crippen LogP contribution in [0.1, 0.15) is 38.3 Å². The van der Waals surface area contributed by atoms with Gasteiger partial charge in [0, 0.05) is 6.42 Å². The molecule has 108 valence electrons. The number of halogens is 1. The highest BCUT2D eigenvalue weighted by atomic mass is 19.1. The summed E-state index contributed by atoms with van der Waals surface area (Å²) in [5, 5.41) is 9.29. The van der Waals surface area contributed by atoms with Crippen molar-refractivity contribution in [1.29, 1.82) is 0 Å². The fourth-order valence-electron chi connectivity index (χ4n) is 2.37. The largest absolute Gasteiger partial charge is 0.491 e. The van der Waals surface area contributed by atoms with Crippen molar-refractivity contribution in [3.63, 3.8) is 0 Å². The van der Waals surface area contributed by atoms with Gasteiger partial charge in [-0.2, -0.15) is 0 Å². The summed E-state index contributed by atoms with van der Waals surface area (Å²) in [5.41, 5.74) is 1.58. The van der Waals surface area contributed by atoms with Gasteiger partial charge in [0.2, 0.25) is 5.88 Å². The molecule has 0 saturated heterocycles. The molecule has 1 aliphatic rings. The molecule has 1 aliphatic carbocycles. The SMILES string of the molecule is CCOC(=O)CC1CC=C(c2ccc(F)c(O)n2)CC1. The molecular weight excluding hydrogens is 261 g/mol. The lowest BCUT2D eigenvalue weighted by atomic mass is 9.86. The van der Waals surface area contributed by atoms with Crippen LogP contribution in [0.3, 0.4) is 0 Å². The van der Waals surface area contributed by atoms with E-state index in [9.17, 15) is 14.3 Å². The Labute approximate surface area is 117 Å². The predicted octanol–water partition coefficient (Wildman–Crippen LogP) is 3.06. The zero-order chi connectivity index (χ0) is 14.5. The van der Waals surface area contributed by atoms with Gasteiger partial charge < -0.3 is 9.84 Å². The Hall–Kier alpha value is -1.91. The van der Waals surface area contributed by atoms with Crippen LogP contribution < -0.4 is 0 Å². The van der Waals surface area contributed by atoms with Gasteiger partial charge in [0.1, 0.15) is 0 Å². The first kappa shape index (κ1) is 14.5. The third-order valence-electron chi connectivity index (χ3n) is 3.44. The Morgan fingerprint density at radius 1 is 1.55 bits per heavy atom. The molecule has 5 heteroatoms. The van der Waals surface area contributed by atoms with Gasteiger partial charge in [-0.25, -0.2) is 9.37 Å². The molecule has 0 radical (unpaired) electrons. The fraction of sp³-hybridized carbons (Fsp3) is 0.467. The van der Waals surface area contributed by atoms with Gasteiger partial charge in [-0.1, -0.05) is 6.08 Å². The van der Waals surface area contributed by atoms with E-state index in [1.54, 1.807) is 13.0 Å². The maximum atomic E-state index is 13.0. The summed E-state index contributed by atoms with van der Waals surface area (Å²) in [6, 6.07) is 2.77. The van der Waals surface area contributed by atoms with Crippen molar-refractivity contribution in [3.05, 3.63) is 29.7 Å². The zero-order valence-electron chi connectivity index (χ0n) is 11.4. The van der Waals surface area contributed by atoms with Crippen molar-refractivity contribution in [1.82, 2.24) is 4.98 Å². The number of carbonyl (C=O) groups is 1. The van der Waals surface area contributed by atoms with Crippen LogP contribution in [-0.2, 0) is 9.53 Å². The summed E-state index contributed by atoms with van der Waals surface area (Å²) in [4.78, 5) is 15.2. The molecule has 1 aromatic rings. The number of nitrogens with zero attached hydrogens (tertiary/aromatic N) is 1. The summed E-state index contributed by atoms with van der Waals surface area (Å²) in [7, 11) is 0. The van der Waals surface area contributed by atoms with E-state index in [0.29, 0.717) is 18.7 Å². The van der Waals surface area contributed by atoms with E-state index in [0.717, 1.165) is 24.8 Å². The first-order valence-corrected chi connectivity index (χ1v) is 6.80. The Bertz CT molecular complexity index is 528. The molecule has 1 heterocycles. The number of hydrogen-bond acceptors (Lipinski definition) is 4. The molecule has 0 bridgehead atoms. The van der Waals surface area contributed by atoms with Crippen LogP contribution in [0, 0.1) is 11.7 Å². The number of aromatic hydroxyl groups is 1. The lowest BCUT2D eigenvalue weighted by Crippen LogP contribution is -2.13. The molecule has 1 atom stereocenters. The molecule has 0 aliphatic heterocycles. The summed E-state index contributed by atoms with van der Waals surface area (Å²) in [6.45, 7) is 2.20. The first-order valence-electron chi connectivity index (χ1n) is 6.80. The summed E-state index contributed by atoms with van der Waals surface area (Å²) in [6.07, 6.45) is 4.84. The number of aromatic nitrogens is 1. The number of esters is 1. The predicted molar refractivity (Wildman–Crippen MR) is 72.4 cm³/mol. The average Bonchev–Trinajstić information content (AvgIpc) is 2.43. The Morgan fingerprint density at radius 3 is 2.95 bits per heavy atom. The highest BCUT2D eigenvalue weighted by molar-refractivity contribution is 5.70. The van der Waals surface area contributed by atoms with E-state index in [1.165, 1.54) is 6.07 Å². The highest BCUT2D eigenvalue weighted by Crippen LogP contribution is 2.32. The average molecular weight is 279 g/mol. The Morgan fingerprint density at radius 2 is 2.35 bits per heavy atom. The van der Waals surface area contributed by atoms with Crippen LogP contribution in [-0.4, -0.2) is 22.7 Å². The normalized spacial score (nSPS) is 18.5. The molecule has 0 amide bonds. The van der Waals surface area contributed by atoms with Gasteiger partial charge in [0.25, 0.3) is 0 Å². The van der Waals surface area contributed by atoms with E-state index in [2.05, 4.69) is 4.98 Å². The summed E-state index contributed by atoms with van der Waals surface area (Å²) >= 11 is 0. The van der Waals surface area contributed by atoms with E-state index in [-0.39, 0.29) is 11.9 Å². The molecule has 1 N–H and O–H groups in total. The molecule has 0 spiro atoms. The van der Waals surface area contributed by atoms with E-state index >= 15 is 0 Å². The van der Waals surface area contributed by atoms with Crippen LogP contribution >= 0.6 is 0 Å². The van der Waals surface area contributed by atoms with Crippen LogP contribution in [0.2, 0.25) is 0 Å². The Balaban J connectivity index is 1.98. The van der Waals surface area contributed by atoms with E-state index in [1.807, 2.05) is 6.08 Å². The van der Waals surface area contributed by atoms with Crippen molar-refractivity contribution in [2.45, 2.75) is 32.6 Å². The third kappa shape index (κ3) is 3.56. The lowest BCUT2D eigenvalue weighted by molar-refractivity contribution is -0.144. The number of allylic oxidation sites excluding steroid dienone is 2. The fourth-order valence-corrected chi connectivity index (χ4v) is 2.37. The second-order valence-corrected chi connectivity index (χ2v) is 4.88. The van der Waals surface area contributed by atoms with Gasteiger partial charge in [0.15, 0.2) is 5.82 Å². The molecule has 0 aromatic carbocycles.